The molecule has 35 heavy (non-hydrogen) atoms. The average Bonchev–Trinajstić information content (AvgIpc) is 3.38. The molecule has 1 aromatic carbocycles. The smallest absolute Gasteiger partial charge is 0.225 e. The number of amides is 1. The summed E-state index contributed by atoms with van der Waals surface area (Å²) in [6.45, 7) is 0.535. The van der Waals surface area contributed by atoms with Gasteiger partial charge in [-0.3, -0.25) is 9.36 Å². The van der Waals surface area contributed by atoms with Crippen LogP contribution in [0, 0.1) is 17.6 Å². The largest absolute Gasteiger partial charge is 0.388 e. The van der Waals surface area contributed by atoms with Gasteiger partial charge >= 0.3 is 0 Å². The van der Waals surface area contributed by atoms with Crippen molar-refractivity contribution in [2.75, 3.05) is 23.8 Å². The summed E-state index contributed by atoms with van der Waals surface area (Å²) in [7, 11) is 0. The van der Waals surface area contributed by atoms with Crippen molar-refractivity contribution in [2.45, 2.75) is 43.9 Å². The molecule has 2 fully saturated rings. The number of nitrogens with two attached hydrogens (primary N) is 1. The predicted octanol–water partition coefficient (Wildman–Crippen LogP) is 2.89. The molecule has 10 nitrogen and oxygen atoms in total. The molecule has 5 N–H and O–H groups in total. The van der Waals surface area contributed by atoms with Gasteiger partial charge < -0.3 is 26.2 Å². The summed E-state index contributed by atoms with van der Waals surface area (Å²) in [5.74, 6) is -1.67. The fourth-order valence-corrected chi connectivity index (χ4v) is 4.87. The highest BCUT2D eigenvalue weighted by Gasteiger charge is 2.30. The molecule has 1 unspecified atom stereocenters. The Kier molecular flexibility index (Phi) is 6.43. The number of ether oxygens (including phenoxy) is 1. The number of fused-ring (bicyclic) bond motifs is 1. The highest BCUT2D eigenvalue weighted by molar-refractivity contribution is 6.33. The lowest BCUT2D eigenvalue weighted by Gasteiger charge is -2.29. The third kappa shape index (κ3) is 4.73. The van der Waals surface area contributed by atoms with E-state index >= 15 is 0 Å². The summed E-state index contributed by atoms with van der Waals surface area (Å²) < 4.78 is 35.2. The second-order valence-electron chi connectivity index (χ2n) is 8.84. The third-order valence-corrected chi connectivity index (χ3v) is 6.80. The molecule has 186 valence electrons. The van der Waals surface area contributed by atoms with Gasteiger partial charge in [-0.15, -0.1) is 0 Å². The van der Waals surface area contributed by atoms with Crippen molar-refractivity contribution in [3.63, 3.8) is 0 Å². The number of carbonyl (C=O) groups excluding carboxylic acids is 1. The number of nitrogens with one attached hydrogen (secondary N) is 2. The number of imidazole rings is 1. The SMILES string of the molecule is NC(=O)C1CCC(n2c(Nc3c(F)cc(F)cc3Cl)nc3cnc(NC4COC[C@H]4O)nc32)CC1. The molecule has 2 atom stereocenters. The summed E-state index contributed by atoms with van der Waals surface area (Å²) in [6, 6.07) is 1.26. The standard InChI is InChI=1S/C22H24ClF2N7O3/c23-13-5-11(24)6-14(25)18(13)30-22-29-15-7-27-21(28-16-8-35-9-17(16)33)31-20(15)32(22)12-3-1-10(2-4-12)19(26)34/h5-7,10,12,16-17,33H,1-4,8-9H2,(H2,26,34)(H,29,30)(H,27,28,31)/t10?,12?,16?,17-/m1/s1. The van der Waals surface area contributed by atoms with Crippen LogP contribution in [0.25, 0.3) is 11.2 Å². The van der Waals surface area contributed by atoms with Gasteiger partial charge in [-0.1, -0.05) is 11.6 Å². The Hall–Kier alpha value is -3.09. The molecule has 3 heterocycles. The fraction of sp³-hybridized carbons (Fsp3) is 0.455. The van der Waals surface area contributed by atoms with Crippen molar-refractivity contribution >= 4 is 46.3 Å². The summed E-state index contributed by atoms with van der Waals surface area (Å²) in [5, 5.41) is 15.9. The number of anilines is 3. The van der Waals surface area contributed by atoms with Crippen LogP contribution in [-0.4, -0.2) is 55.9 Å². The number of aliphatic hydroxyl groups is 1. The second-order valence-corrected chi connectivity index (χ2v) is 9.25. The first-order valence-electron chi connectivity index (χ1n) is 11.3. The maximum Gasteiger partial charge on any atom is 0.225 e. The van der Waals surface area contributed by atoms with Crippen LogP contribution >= 0.6 is 11.6 Å². The normalized spacial score (nSPS) is 24.6. The summed E-state index contributed by atoms with van der Waals surface area (Å²) >= 11 is 6.11. The maximum absolute atomic E-state index is 14.5. The first-order valence-corrected chi connectivity index (χ1v) is 11.7. The average molecular weight is 508 g/mol. The van der Waals surface area contributed by atoms with Gasteiger partial charge in [-0.2, -0.15) is 4.98 Å². The van der Waals surface area contributed by atoms with E-state index in [1.807, 2.05) is 4.57 Å². The van der Waals surface area contributed by atoms with E-state index in [0.29, 0.717) is 43.5 Å². The van der Waals surface area contributed by atoms with Crippen LogP contribution in [0.15, 0.2) is 18.3 Å². The van der Waals surface area contributed by atoms with Crippen LogP contribution in [0.1, 0.15) is 31.7 Å². The molecule has 0 bridgehead atoms. The number of carbonyl (C=O) groups is 1. The molecule has 1 aliphatic carbocycles. The molecule has 5 rings (SSSR count). The molecule has 0 spiro atoms. The van der Waals surface area contributed by atoms with Crippen molar-refractivity contribution in [3.8, 4) is 0 Å². The van der Waals surface area contributed by atoms with E-state index in [1.165, 1.54) is 6.20 Å². The van der Waals surface area contributed by atoms with Crippen molar-refractivity contribution < 1.29 is 23.4 Å². The number of aromatic nitrogens is 4. The zero-order chi connectivity index (χ0) is 24.7. The van der Waals surface area contributed by atoms with Crippen LogP contribution in [0.5, 0.6) is 0 Å². The highest BCUT2D eigenvalue weighted by atomic mass is 35.5. The van der Waals surface area contributed by atoms with Gasteiger partial charge in [0.15, 0.2) is 11.5 Å². The first-order chi connectivity index (χ1) is 16.8. The molecule has 2 aliphatic rings. The molecule has 3 aromatic rings. The Labute approximate surface area is 203 Å². The second kappa shape index (κ2) is 9.51. The number of rotatable bonds is 6. The molecule has 1 saturated carbocycles. The van der Waals surface area contributed by atoms with Gasteiger partial charge in [-0.25, -0.2) is 18.7 Å². The number of nitrogens with zero attached hydrogens (tertiary/aromatic N) is 4. The summed E-state index contributed by atoms with van der Waals surface area (Å²) in [6.07, 6.45) is 3.25. The van der Waals surface area contributed by atoms with Gasteiger partial charge in [0, 0.05) is 18.0 Å². The zero-order valence-corrected chi connectivity index (χ0v) is 19.3. The summed E-state index contributed by atoms with van der Waals surface area (Å²) in [4.78, 5) is 25.1. The molecular weight excluding hydrogens is 484 g/mol. The van der Waals surface area contributed by atoms with Crippen molar-refractivity contribution in [1.29, 1.82) is 0 Å². The van der Waals surface area contributed by atoms with E-state index in [1.54, 1.807) is 0 Å². The molecule has 1 saturated heterocycles. The first kappa shape index (κ1) is 23.6. The Bertz CT molecular complexity index is 1240. The molecular formula is C22H24ClF2N7O3. The van der Waals surface area contributed by atoms with Gasteiger partial charge in [0.2, 0.25) is 17.8 Å². The maximum atomic E-state index is 14.5. The third-order valence-electron chi connectivity index (χ3n) is 6.51. The van der Waals surface area contributed by atoms with E-state index < -0.39 is 17.7 Å². The van der Waals surface area contributed by atoms with Crippen molar-refractivity contribution in [1.82, 2.24) is 19.5 Å². The van der Waals surface area contributed by atoms with E-state index in [9.17, 15) is 18.7 Å². The lowest BCUT2D eigenvalue weighted by molar-refractivity contribution is -0.122. The minimum atomic E-state index is -0.866. The predicted molar refractivity (Wildman–Crippen MR) is 124 cm³/mol. The number of hydrogen-bond donors (Lipinski definition) is 4. The quantitative estimate of drug-likeness (QED) is 0.399. The van der Waals surface area contributed by atoms with Gasteiger partial charge in [0.25, 0.3) is 0 Å². The minimum absolute atomic E-state index is 0.118. The zero-order valence-electron chi connectivity index (χ0n) is 18.5. The number of benzene rings is 1. The Morgan fingerprint density at radius 1 is 1.20 bits per heavy atom. The van der Waals surface area contributed by atoms with Gasteiger partial charge in [0.1, 0.15) is 11.3 Å². The lowest BCUT2D eigenvalue weighted by atomic mass is 9.85. The Morgan fingerprint density at radius 2 is 1.97 bits per heavy atom. The van der Waals surface area contributed by atoms with Crippen LogP contribution < -0.4 is 16.4 Å². The van der Waals surface area contributed by atoms with Crippen molar-refractivity contribution in [2.24, 2.45) is 11.7 Å². The molecule has 0 radical (unpaired) electrons. The molecule has 2 aromatic heterocycles. The monoisotopic (exact) mass is 507 g/mol. The number of aliphatic hydroxyl groups excluding tert-OH is 1. The van der Waals surface area contributed by atoms with Crippen LogP contribution in [0.2, 0.25) is 5.02 Å². The van der Waals surface area contributed by atoms with Crippen LogP contribution in [0.3, 0.4) is 0 Å². The molecule has 13 heteroatoms. The van der Waals surface area contributed by atoms with E-state index in [0.717, 1.165) is 12.1 Å². The Morgan fingerprint density at radius 3 is 2.63 bits per heavy atom. The highest BCUT2D eigenvalue weighted by Crippen LogP contribution is 2.38. The van der Waals surface area contributed by atoms with E-state index in [4.69, 9.17) is 22.1 Å². The molecule has 1 aliphatic heterocycles. The Balaban J connectivity index is 1.54. The number of hydrogen-bond acceptors (Lipinski definition) is 8. The van der Waals surface area contributed by atoms with E-state index in [2.05, 4.69) is 25.6 Å². The van der Waals surface area contributed by atoms with Crippen molar-refractivity contribution in [3.05, 3.63) is 35.0 Å². The number of halogens is 3. The number of primary amides is 1. The van der Waals surface area contributed by atoms with Crippen LogP contribution in [0.4, 0.5) is 26.4 Å². The topological polar surface area (TPSA) is 140 Å². The lowest BCUT2D eigenvalue weighted by Crippen LogP contribution is -2.32. The van der Waals surface area contributed by atoms with Crippen LogP contribution in [-0.2, 0) is 9.53 Å². The molecule has 1 amide bonds. The minimum Gasteiger partial charge on any atom is -0.388 e. The van der Waals surface area contributed by atoms with E-state index in [-0.39, 0.29) is 53.1 Å². The summed E-state index contributed by atoms with van der Waals surface area (Å²) in [5.41, 5.74) is 6.29. The fourth-order valence-electron chi connectivity index (χ4n) is 4.63. The van der Waals surface area contributed by atoms with Gasteiger partial charge in [0.05, 0.1) is 42.3 Å². The van der Waals surface area contributed by atoms with Gasteiger partial charge in [-0.05, 0) is 31.7 Å².